The van der Waals surface area contributed by atoms with Crippen molar-refractivity contribution in [1.82, 2.24) is 0 Å². The fraction of sp³-hybridized carbons (Fsp3) is 1.00. The van der Waals surface area contributed by atoms with Crippen LogP contribution in [0.2, 0.25) is 11.9 Å². The normalized spacial score (nSPS) is 10.3. The van der Waals surface area contributed by atoms with Crippen LogP contribution in [0.1, 0.15) is 20.8 Å². The Morgan fingerprint density at radius 1 is 0.857 bits per heavy atom. The van der Waals surface area contributed by atoms with Crippen LogP contribution in [-0.2, 0) is 0 Å². The molecule has 0 aromatic rings. The summed E-state index contributed by atoms with van der Waals surface area (Å²) in [7, 11) is 0. The van der Waals surface area contributed by atoms with Crippen molar-refractivity contribution in [2.45, 2.75) is 32.7 Å². The zero-order valence-electron chi connectivity index (χ0n) is 5.62. The molecule has 1 heteroatoms. The average Bonchev–Trinajstić information content (AvgIpc) is 1.72. The van der Waals surface area contributed by atoms with E-state index in [9.17, 15) is 0 Å². The first kappa shape index (κ1) is 7.92. The van der Waals surface area contributed by atoms with Gasteiger partial charge >= 0.3 is 55.4 Å². The molecule has 0 aliphatic heterocycles. The summed E-state index contributed by atoms with van der Waals surface area (Å²) in [6.07, 6.45) is 0. The summed E-state index contributed by atoms with van der Waals surface area (Å²) in [6.45, 7) is 7.07. The molecule has 0 spiro atoms. The molecule has 0 aromatic carbocycles. The van der Waals surface area contributed by atoms with E-state index in [1.54, 1.807) is 11.9 Å². The van der Waals surface area contributed by atoms with Gasteiger partial charge in [-0.15, -0.1) is 0 Å². The molecule has 0 aromatic heterocycles. The van der Waals surface area contributed by atoms with E-state index >= 15 is 0 Å². The van der Waals surface area contributed by atoms with Crippen LogP contribution in [0.25, 0.3) is 0 Å². The summed E-state index contributed by atoms with van der Waals surface area (Å²) < 4.78 is 4.70. The minimum atomic E-state index is -0.789. The van der Waals surface area contributed by atoms with Crippen LogP contribution in [0.15, 0.2) is 0 Å². The average molecular weight is 294 g/mol. The first-order chi connectivity index (χ1) is 3.35. The van der Waals surface area contributed by atoms with Crippen LogP contribution in [0.5, 0.6) is 0 Å². The summed E-state index contributed by atoms with van der Waals surface area (Å²) in [5.41, 5.74) is 0. The SMILES string of the molecule is C[CH2][Pb]([CH2]C)[CH2]C. The Morgan fingerprint density at radius 2 is 1.14 bits per heavy atom. The Bertz CT molecular complexity index is 25.7. The molecule has 0 heterocycles. The number of hydrogen-bond donors (Lipinski definition) is 0. The van der Waals surface area contributed by atoms with Gasteiger partial charge in [0.05, 0.1) is 0 Å². The maximum absolute atomic E-state index is 2.36. The first-order valence-corrected chi connectivity index (χ1v) is 11.4. The van der Waals surface area contributed by atoms with E-state index in [0.717, 1.165) is 0 Å². The Morgan fingerprint density at radius 3 is 1.14 bits per heavy atom. The third-order valence-electron chi connectivity index (χ3n) is 1.50. The molecular weight excluding hydrogens is 279 g/mol. The van der Waals surface area contributed by atoms with Crippen molar-refractivity contribution < 1.29 is 0 Å². The van der Waals surface area contributed by atoms with Gasteiger partial charge in [0.2, 0.25) is 0 Å². The van der Waals surface area contributed by atoms with E-state index in [4.69, 9.17) is 0 Å². The molecule has 0 saturated heterocycles. The van der Waals surface area contributed by atoms with Crippen LogP contribution >= 0.6 is 0 Å². The molecule has 0 bridgehead atoms. The van der Waals surface area contributed by atoms with E-state index in [2.05, 4.69) is 20.8 Å². The topological polar surface area (TPSA) is 0 Å². The predicted octanol–water partition coefficient (Wildman–Crippen LogP) is 2.54. The summed E-state index contributed by atoms with van der Waals surface area (Å²) in [5, 5.41) is 0. The van der Waals surface area contributed by atoms with Gasteiger partial charge in [0.25, 0.3) is 0 Å². The van der Waals surface area contributed by atoms with Gasteiger partial charge in [-0.25, -0.2) is 0 Å². The fourth-order valence-corrected chi connectivity index (χ4v) is 6.58. The molecule has 0 aliphatic carbocycles. The van der Waals surface area contributed by atoms with Gasteiger partial charge in [-0.05, 0) is 0 Å². The second-order valence-corrected chi connectivity index (χ2v) is 15.9. The van der Waals surface area contributed by atoms with Crippen LogP contribution in [-0.4, -0.2) is 22.7 Å². The second kappa shape index (κ2) is 5.07. The van der Waals surface area contributed by atoms with Gasteiger partial charge in [-0.3, -0.25) is 0 Å². The van der Waals surface area contributed by atoms with E-state index in [1.165, 1.54) is 0 Å². The zero-order chi connectivity index (χ0) is 5.70. The summed E-state index contributed by atoms with van der Waals surface area (Å²) in [6, 6.07) is 0. The van der Waals surface area contributed by atoms with Crippen molar-refractivity contribution in [1.29, 1.82) is 0 Å². The molecule has 1 radical (unpaired) electrons. The fourth-order valence-electron chi connectivity index (χ4n) is 0.750. The van der Waals surface area contributed by atoms with E-state index < -0.39 is 22.7 Å². The molecule has 0 N–H and O–H groups in total. The third kappa shape index (κ3) is 3.50. The molecule has 0 saturated carbocycles. The van der Waals surface area contributed by atoms with Crippen LogP contribution < -0.4 is 0 Å². The zero-order valence-corrected chi connectivity index (χ0v) is 9.51. The molecule has 0 nitrogen and oxygen atoms in total. The Labute approximate surface area is 55.4 Å². The van der Waals surface area contributed by atoms with Gasteiger partial charge in [0.1, 0.15) is 0 Å². The summed E-state index contributed by atoms with van der Waals surface area (Å²) >= 11 is -0.789. The molecule has 0 aliphatic rings. The van der Waals surface area contributed by atoms with Gasteiger partial charge in [-0.1, -0.05) is 0 Å². The summed E-state index contributed by atoms with van der Waals surface area (Å²) in [5.74, 6) is 0. The molecule has 0 unspecified atom stereocenters. The molecule has 0 rings (SSSR count). The molecule has 0 amide bonds. The van der Waals surface area contributed by atoms with Crippen LogP contribution in [0.3, 0.4) is 0 Å². The van der Waals surface area contributed by atoms with E-state index in [1.807, 2.05) is 0 Å². The van der Waals surface area contributed by atoms with Gasteiger partial charge in [0, 0.05) is 0 Å². The quantitative estimate of drug-likeness (QED) is 0.702. The predicted molar refractivity (Wildman–Crippen MR) is 37.2 cm³/mol. The molecular formula is C6H15Pb. The van der Waals surface area contributed by atoms with Crippen molar-refractivity contribution >= 4 is 22.7 Å². The Hall–Kier alpha value is 0.922. The molecule has 7 heavy (non-hydrogen) atoms. The van der Waals surface area contributed by atoms with E-state index in [0.29, 0.717) is 0 Å². The van der Waals surface area contributed by atoms with Crippen molar-refractivity contribution in [2.24, 2.45) is 0 Å². The van der Waals surface area contributed by atoms with E-state index in [-0.39, 0.29) is 0 Å². The van der Waals surface area contributed by atoms with Gasteiger partial charge < -0.3 is 0 Å². The van der Waals surface area contributed by atoms with Gasteiger partial charge in [0.15, 0.2) is 0 Å². The Balaban J connectivity index is 2.99. The Kier molecular flexibility index (Phi) is 5.73. The van der Waals surface area contributed by atoms with Crippen molar-refractivity contribution in [3.63, 3.8) is 0 Å². The van der Waals surface area contributed by atoms with Crippen molar-refractivity contribution in [2.75, 3.05) is 0 Å². The van der Waals surface area contributed by atoms with Crippen molar-refractivity contribution in [3.05, 3.63) is 0 Å². The van der Waals surface area contributed by atoms with Crippen LogP contribution in [0, 0.1) is 0 Å². The minimum absolute atomic E-state index is 0.789. The second-order valence-electron chi connectivity index (χ2n) is 1.81. The standard InChI is InChI=1S/3C2H5.Pb/c3*1-2;/h3*1H2,2H3;. The monoisotopic (exact) mass is 295 g/mol. The molecule has 43 valence electrons. The third-order valence-corrected chi connectivity index (χ3v) is 13.2. The van der Waals surface area contributed by atoms with Gasteiger partial charge in [-0.2, -0.15) is 0 Å². The molecule has 0 fully saturated rings. The molecule has 0 atom stereocenters. The number of hydrogen-bond acceptors (Lipinski definition) is 0. The van der Waals surface area contributed by atoms with Crippen LogP contribution in [0.4, 0.5) is 0 Å². The number of rotatable bonds is 3. The maximum atomic E-state index is 2.36. The van der Waals surface area contributed by atoms with Crippen molar-refractivity contribution in [3.8, 4) is 0 Å². The summed E-state index contributed by atoms with van der Waals surface area (Å²) in [4.78, 5) is 0. The first-order valence-electron chi connectivity index (χ1n) is 3.18.